The molecule has 1 aliphatic rings. The van der Waals surface area contributed by atoms with E-state index in [-0.39, 0.29) is 17.4 Å². The van der Waals surface area contributed by atoms with E-state index in [1.54, 1.807) is 30.3 Å². The first-order chi connectivity index (χ1) is 15.0. The van der Waals surface area contributed by atoms with E-state index in [0.717, 1.165) is 10.0 Å². The van der Waals surface area contributed by atoms with Gasteiger partial charge in [-0.25, -0.2) is 14.2 Å². The Kier molecular flexibility index (Phi) is 5.77. The highest BCUT2D eigenvalue weighted by Crippen LogP contribution is 2.28. The standard InChI is InChI=1S/C24H16BrFN2O3/c1-31-24(30)17-4-2-15(3-5-17)14-21-23(29)28(20-12-10-19(26)11-13-20)22(27-21)16-6-8-18(25)9-7-16/h2-14H,1H3/b21-14+. The van der Waals surface area contributed by atoms with E-state index in [2.05, 4.69) is 20.9 Å². The Morgan fingerprint density at radius 3 is 2.26 bits per heavy atom. The molecule has 0 aromatic heterocycles. The van der Waals surface area contributed by atoms with Crippen LogP contribution in [0.15, 0.2) is 88.0 Å². The molecule has 1 heterocycles. The van der Waals surface area contributed by atoms with Crippen LogP contribution in [0.5, 0.6) is 0 Å². The SMILES string of the molecule is COC(=O)c1ccc(/C=C2/N=C(c3ccc(Br)cc3)N(c3ccc(F)cc3)C2=O)cc1. The lowest BCUT2D eigenvalue weighted by Gasteiger charge is -2.18. The normalized spacial score (nSPS) is 14.7. The van der Waals surface area contributed by atoms with Gasteiger partial charge in [0.05, 0.1) is 18.4 Å². The maximum absolute atomic E-state index is 13.4. The Morgan fingerprint density at radius 1 is 1.00 bits per heavy atom. The number of halogens is 2. The fraction of sp³-hybridized carbons (Fsp3) is 0.0417. The Labute approximate surface area is 186 Å². The molecule has 1 amide bonds. The minimum atomic E-state index is -0.436. The predicted octanol–water partition coefficient (Wildman–Crippen LogP) is 5.21. The van der Waals surface area contributed by atoms with Crippen molar-refractivity contribution in [2.24, 2.45) is 4.99 Å². The van der Waals surface area contributed by atoms with E-state index in [0.29, 0.717) is 22.6 Å². The van der Waals surface area contributed by atoms with Crippen LogP contribution in [0.2, 0.25) is 0 Å². The molecule has 31 heavy (non-hydrogen) atoms. The molecule has 0 unspecified atom stereocenters. The summed E-state index contributed by atoms with van der Waals surface area (Å²) in [6.07, 6.45) is 1.64. The summed E-state index contributed by atoms with van der Waals surface area (Å²) in [4.78, 5) is 30.9. The average Bonchev–Trinajstić information content (AvgIpc) is 3.10. The number of ether oxygens (including phenoxy) is 1. The Bertz CT molecular complexity index is 1200. The van der Waals surface area contributed by atoms with Gasteiger partial charge in [0.2, 0.25) is 0 Å². The van der Waals surface area contributed by atoms with Crippen molar-refractivity contribution in [1.82, 2.24) is 0 Å². The summed E-state index contributed by atoms with van der Waals surface area (Å²) >= 11 is 3.40. The van der Waals surface area contributed by atoms with Gasteiger partial charge >= 0.3 is 5.97 Å². The summed E-state index contributed by atoms with van der Waals surface area (Å²) < 4.78 is 19.0. The third kappa shape index (κ3) is 4.32. The van der Waals surface area contributed by atoms with Gasteiger partial charge < -0.3 is 4.74 Å². The predicted molar refractivity (Wildman–Crippen MR) is 120 cm³/mol. The van der Waals surface area contributed by atoms with Crippen LogP contribution in [0.3, 0.4) is 0 Å². The lowest BCUT2D eigenvalue weighted by molar-refractivity contribution is -0.113. The number of benzene rings is 3. The van der Waals surface area contributed by atoms with Gasteiger partial charge in [-0.3, -0.25) is 9.69 Å². The number of hydrogen-bond donors (Lipinski definition) is 0. The lowest BCUT2D eigenvalue weighted by Crippen LogP contribution is -2.32. The number of rotatable bonds is 4. The zero-order valence-electron chi connectivity index (χ0n) is 16.4. The second kappa shape index (κ2) is 8.65. The third-order valence-electron chi connectivity index (χ3n) is 4.68. The lowest BCUT2D eigenvalue weighted by atomic mass is 10.1. The molecule has 3 aromatic rings. The van der Waals surface area contributed by atoms with Gasteiger partial charge in [-0.05, 0) is 60.2 Å². The van der Waals surface area contributed by atoms with Crippen LogP contribution < -0.4 is 4.90 Å². The fourth-order valence-electron chi connectivity index (χ4n) is 3.13. The maximum atomic E-state index is 13.4. The molecule has 0 radical (unpaired) electrons. The zero-order valence-corrected chi connectivity index (χ0v) is 18.0. The van der Waals surface area contributed by atoms with E-state index in [1.807, 2.05) is 24.3 Å². The minimum absolute atomic E-state index is 0.230. The molecule has 1 aliphatic heterocycles. The zero-order chi connectivity index (χ0) is 22.0. The van der Waals surface area contributed by atoms with Crippen LogP contribution in [0, 0.1) is 5.82 Å². The summed E-state index contributed by atoms with van der Waals surface area (Å²) in [7, 11) is 1.32. The summed E-state index contributed by atoms with van der Waals surface area (Å²) in [6, 6.07) is 19.8. The molecular weight excluding hydrogens is 463 g/mol. The Hall–Kier alpha value is -3.58. The van der Waals surface area contributed by atoms with Gasteiger partial charge in [0.15, 0.2) is 0 Å². The quantitative estimate of drug-likeness (QED) is 0.382. The smallest absolute Gasteiger partial charge is 0.337 e. The number of carbonyl (C=O) groups excluding carboxylic acids is 2. The van der Waals surface area contributed by atoms with Crippen LogP contribution >= 0.6 is 15.9 Å². The summed E-state index contributed by atoms with van der Waals surface area (Å²) in [5, 5.41) is 0. The van der Waals surface area contributed by atoms with E-state index in [9.17, 15) is 14.0 Å². The number of nitrogens with zero attached hydrogens (tertiary/aromatic N) is 2. The van der Waals surface area contributed by atoms with Crippen molar-refractivity contribution in [2.45, 2.75) is 0 Å². The van der Waals surface area contributed by atoms with Crippen molar-refractivity contribution in [3.63, 3.8) is 0 Å². The van der Waals surface area contributed by atoms with Gasteiger partial charge in [0, 0.05) is 10.0 Å². The Morgan fingerprint density at radius 2 is 1.65 bits per heavy atom. The summed E-state index contributed by atoms with van der Waals surface area (Å²) in [6.45, 7) is 0. The molecule has 5 nitrogen and oxygen atoms in total. The van der Waals surface area contributed by atoms with Gasteiger partial charge in [-0.1, -0.05) is 40.2 Å². The second-order valence-electron chi connectivity index (χ2n) is 6.70. The number of hydrogen-bond acceptors (Lipinski definition) is 4. The van der Waals surface area contributed by atoms with E-state index < -0.39 is 5.97 Å². The van der Waals surface area contributed by atoms with Gasteiger partial charge in [-0.15, -0.1) is 0 Å². The molecule has 154 valence electrons. The maximum Gasteiger partial charge on any atom is 0.337 e. The molecule has 0 saturated heterocycles. The second-order valence-corrected chi connectivity index (χ2v) is 7.62. The molecule has 0 bridgehead atoms. The highest BCUT2D eigenvalue weighted by molar-refractivity contribution is 9.10. The monoisotopic (exact) mass is 478 g/mol. The number of aliphatic imine (C=N–C) groups is 1. The molecule has 0 aliphatic carbocycles. The van der Waals surface area contributed by atoms with E-state index in [1.165, 1.54) is 36.3 Å². The average molecular weight is 479 g/mol. The van der Waals surface area contributed by atoms with Crippen molar-refractivity contribution in [1.29, 1.82) is 0 Å². The van der Waals surface area contributed by atoms with Gasteiger partial charge in [-0.2, -0.15) is 0 Å². The highest BCUT2D eigenvalue weighted by atomic mass is 79.9. The minimum Gasteiger partial charge on any atom is -0.465 e. The number of esters is 1. The fourth-order valence-corrected chi connectivity index (χ4v) is 3.39. The number of carbonyl (C=O) groups is 2. The third-order valence-corrected chi connectivity index (χ3v) is 5.21. The molecule has 7 heteroatoms. The van der Waals surface area contributed by atoms with Gasteiger partial charge in [0.1, 0.15) is 17.3 Å². The number of amidine groups is 1. The highest BCUT2D eigenvalue weighted by Gasteiger charge is 2.32. The van der Waals surface area contributed by atoms with Gasteiger partial charge in [0.25, 0.3) is 5.91 Å². The summed E-state index contributed by atoms with van der Waals surface area (Å²) in [5.74, 6) is -0.712. The first-order valence-electron chi connectivity index (χ1n) is 9.31. The Balaban J connectivity index is 1.75. The van der Waals surface area contributed by atoms with Crippen LogP contribution in [-0.4, -0.2) is 24.8 Å². The molecule has 3 aromatic carbocycles. The van der Waals surface area contributed by atoms with E-state index >= 15 is 0 Å². The molecule has 0 N–H and O–H groups in total. The van der Waals surface area contributed by atoms with Crippen molar-refractivity contribution in [3.8, 4) is 0 Å². The van der Waals surface area contributed by atoms with Crippen molar-refractivity contribution >= 4 is 45.4 Å². The number of amides is 1. The first kappa shape index (κ1) is 20.7. The van der Waals surface area contributed by atoms with Crippen molar-refractivity contribution in [2.75, 3.05) is 12.0 Å². The molecule has 4 rings (SSSR count). The molecule has 0 saturated carbocycles. The largest absolute Gasteiger partial charge is 0.465 e. The van der Waals surface area contributed by atoms with Crippen LogP contribution in [0.1, 0.15) is 21.5 Å². The number of anilines is 1. The molecule has 0 fully saturated rings. The van der Waals surface area contributed by atoms with Crippen LogP contribution in [0.25, 0.3) is 6.08 Å². The summed E-state index contributed by atoms with van der Waals surface area (Å²) in [5.41, 5.74) is 2.60. The van der Waals surface area contributed by atoms with Crippen molar-refractivity contribution < 1.29 is 18.7 Å². The molecule has 0 spiro atoms. The van der Waals surface area contributed by atoms with Crippen LogP contribution in [-0.2, 0) is 9.53 Å². The molecular formula is C24H16BrFN2O3. The first-order valence-corrected chi connectivity index (χ1v) is 10.1. The topological polar surface area (TPSA) is 59.0 Å². The van der Waals surface area contributed by atoms with Crippen molar-refractivity contribution in [3.05, 3.63) is 105 Å². The molecule has 0 atom stereocenters. The van der Waals surface area contributed by atoms with Crippen LogP contribution in [0.4, 0.5) is 10.1 Å². The van der Waals surface area contributed by atoms with E-state index in [4.69, 9.17) is 4.74 Å². The number of methoxy groups -OCH3 is 1.